The number of aromatic nitrogens is 2. The molecule has 0 aliphatic heterocycles. The lowest BCUT2D eigenvalue weighted by molar-refractivity contribution is -0.116. The molecule has 2 heterocycles. The summed E-state index contributed by atoms with van der Waals surface area (Å²) in [5.74, 6) is -0.0438. The predicted octanol–water partition coefficient (Wildman–Crippen LogP) is 5.86. The monoisotopic (exact) mass is 427 g/mol. The third-order valence-corrected chi connectivity index (χ3v) is 5.67. The average molecular weight is 428 g/mol. The van der Waals surface area contributed by atoms with Crippen LogP contribution in [0.3, 0.4) is 0 Å². The highest BCUT2D eigenvalue weighted by molar-refractivity contribution is 7.13. The second kappa shape index (κ2) is 9.91. The maximum atomic E-state index is 12.3. The minimum absolute atomic E-state index is 0.0592. The zero-order chi connectivity index (χ0) is 21.5. The van der Waals surface area contributed by atoms with Gasteiger partial charge in [0, 0.05) is 53.0 Å². The Bertz CT molecular complexity index is 1170. The molecule has 0 bridgehead atoms. The Morgan fingerprint density at radius 3 is 2.48 bits per heavy atom. The molecule has 154 valence electrons. The zero-order valence-electron chi connectivity index (χ0n) is 16.8. The van der Waals surface area contributed by atoms with Gasteiger partial charge in [0.2, 0.25) is 5.91 Å². The molecule has 2 aromatic heterocycles. The van der Waals surface area contributed by atoms with E-state index in [1.54, 1.807) is 35.9 Å². The molecule has 1 N–H and O–H groups in total. The Hall–Kier alpha value is -3.64. The number of nitrogens with zero attached hydrogens (tertiary/aromatic N) is 2. The first kappa shape index (κ1) is 20.6. The van der Waals surface area contributed by atoms with Gasteiger partial charge in [-0.25, -0.2) is 4.98 Å². The van der Waals surface area contributed by atoms with Crippen molar-refractivity contribution < 1.29 is 9.59 Å². The third-order valence-electron chi connectivity index (χ3n) is 4.78. The quantitative estimate of drug-likeness (QED) is 0.357. The molecule has 4 aromatic rings. The molecule has 0 fully saturated rings. The van der Waals surface area contributed by atoms with Gasteiger partial charge in [0.05, 0.1) is 5.69 Å². The number of thiazole rings is 1. The van der Waals surface area contributed by atoms with E-state index in [1.807, 2.05) is 60.0 Å². The third kappa shape index (κ3) is 5.49. The number of nitrogens with one attached hydrogen (secondary N) is 1. The van der Waals surface area contributed by atoms with Gasteiger partial charge < -0.3 is 5.32 Å². The molecule has 0 spiro atoms. The highest BCUT2D eigenvalue weighted by Crippen LogP contribution is 2.29. The summed E-state index contributed by atoms with van der Waals surface area (Å²) < 4.78 is 0. The van der Waals surface area contributed by atoms with Crippen LogP contribution in [0.2, 0.25) is 0 Å². The largest absolute Gasteiger partial charge is 0.326 e. The molecule has 31 heavy (non-hydrogen) atoms. The van der Waals surface area contributed by atoms with Gasteiger partial charge in [-0.2, -0.15) is 0 Å². The normalized spacial score (nSPS) is 10.6. The maximum Gasteiger partial charge on any atom is 0.224 e. The lowest BCUT2D eigenvalue weighted by atomic mass is 10.1. The predicted molar refractivity (Wildman–Crippen MR) is 124 cm³/mol. The SMILES string of the molecule is O=C(CCCC(=O)c1ccccc1)Nc1cccc(-c2csc(-c3ccncc3)n2)c1. The van der Waals surface area contributed by atoms with Gasteiger partial charge in [-0.1, -0.05) is 42.5 Å². The Labute approximate surface area is 184 Å². The van der Waals surface area contributed by atoms with E-state index in [9.17, 15) is 9.59 Å². The number of carbonyl (C=O) groups excluding carboxylic acids is 2. The molecule has 6 heteroatoms. The lowest BCUT2D eigenvalue weighted by Crippen LogP contribution is -2.12. The van der Waals surface area contributed by atoms with Crippen molar-refractivity contribution in [3.8, 4) is 21.8 Å². The van der Waals surface area contributed by atoms with Crippen LogP contribution in [0.4, 0.5) is 5.69 Å². The van der Waals surface area contributed by atoms with Gasteiger partial charge in [-0.05, 0) is 30.7 Å². The van der Waals surface area contributed by atoms with E-state index in [0.717, 1.165) is 27.5 Å². The summed E-state index contributed by atoms with van der Waals surface area (Å²) in [5, 5.41) is 5.85. The van der Waals surface area contributed by atoms with Gasteiger partial charge in [0.1, 0.15) is 5.01 Å². The van der Waals surface area contributed by atoms with E-state index in [0.29, 0.717) is 24.8 Å². The smallest absolute Gasteiger partial charge is 0.224 e. The molecular formula is C25H21N3O2S. The first-order valence-electron chi connectivity index (χ1n) is 10.0. The zero-order valence-corrected chi connectivity index (χ0v) is 17.6. The van der Waals surface area contributed by atoms with Crippen molar-refractivity contribution in [2.24, 2.45) is 0 Å². The van der Waals surface area contributed by atoms with Gasteiger partial charge >= 0.3 is 0 Å². The van der Waals surface area contributed by atoms with Crippen molar-refractivity contribution in [1.29, 1.82) is 0 Å². The van der Waals surface area contributed by atoms with Crippen LogP contribution in [0.5, 0.6) is 0 Å². The molecule has 0 aliphatic carbocycles. The first-order chi connectivity index (χ1) is 15.2. The van der Waals surface area contributed by atoms with E-state index < -0.39 is 0 Å². The number of amides is 1. The number of anilines is 1. The summed E-state index contributed by atoms with van der Waals surface area (Å²) in [7, 11) is 0. The average Bonchev–Trinajstić information content (AvgIpc) is 3.31. The highest BCUT2D eigenvalue weighted by Gasteiger charge is 2.10. The molecule has 2 aromatic carbocycles. The topological polar surface area (TPSA) is 72.0 Å². The Kier molecular flexibility index (Phi) is 6.59. The van der Waals surface area contributed by atoms with Crippen LogP contribution in [0.25, 0.3) is 21.8 Å². The summed E-state index contributed by atoms with van der Waals surface area (Å²) in [6, 6.07) is 20.7. The van der Waals surface area contributed by atoms with Gasteiger partial charge in [-0.15, -0.1) is 11.3 Å². The molecule has 0 atom stereocenters. The van der Waals surface area contributed by atoms with Crippen LogP contribution in [0, 0.1) is 0 Å². The van der Waals surface area contributed by atoms with Gasteiger partial charge in [-0.3, -0.25) is 14.6 Å². The number of pyridine rings is 1. The minimum atomic E-state index is -0.103. The van der Waals surface area contributed by atoms with E-state index in [4.69, 9.17) is 4.98 Å². The first-order valence-corrected chi connectivity index (χ1v) is 10.9. The van der Waals surface area contributed by atoms with Crippen LogP contribution < -0.4 is 5.32 Å². The van der Waals surface area contributed by atoms with Crippen molar-refractivity contribution in [3.05, 3.63) is 90.1 Å². The Morgan fingerprint density at radius 1 is 0.871 bits per heavy atom. The van der Waals surface area contributed by atoms with Crippen molar-refractivity contribution in [3.63, 3.8) is 0 Å². The fraction of sp³-hybridized carbons (Fsp3) is 0.120. The maximum absolute atomic E-state index is 12.3. The van der Waals surface area contributed by atoms with Crippen LogP contribution in [-0.2, 0) is 4.79 Å². The molecule has 0 saturated heterocycles. The molecule has 4 rings (SSSR count). The molecule has 5 nitrogen and oxygen atoms in total. The van der Waals surface area contributed by atoms with Crippen LogP contribution in [0.1, 0.15) is 29.6 Å². The molecule has 0 saturated carbocycles. The van der Waals surface area contributed by atoms with E-state index in [2.05, 4.69) is 10.3 Å². The Balaban J connectivity index is 1.34. The number of ketones is 1. The molecule has 1 amide bonds. The molecule has 0 unspecified atom stereocenters. The number of Topliss-reactive ketones (excluding diaryl/α,β-unsaturated/α-hetero) is 1. The van der Waals surface area contributed by atoms with Crippen LogP contribution in [0.15, 0.2) is 84.5 Å². The highest BCUT2D eigenvalue weighted by atomic mass is 32.1. The second-order valence-corrected chi connectivity index (χ2v) is 7.90. The van der Waals surface area contributed by atoms with Crippen molar-refractivity contribution in [2.75, 3.05) is 5.32 Å². The summed E-state index contributed by atoms with van der Waals surface area (Å²) >= 11 is 1.57. The minimum Gasteiger partial charge on any atom is -0.326 e. The standard InChI is InChI=1S/C25H21N3O2S/c29-23(18-6-2-1-3-7-18)10-5-11-24(30)27-21-9-4-8-20(16-21)22-17-31-25(28-22)19-12-14-26-15-13-19/h1-4,6-9,12-17H,5,10-11H2,(H,27,30). The summed E-state index contributed by atoms with van der Waals surface area (Å²) in [6.07, 6.45) is 4.67. The van der Waals surface area contributed by atoms with Crippen molar-refractivity contribution in [1.82, 2.24) is 9.97 Å². The summed E-state index contributed by atoms with van der Waals surface area (Å²) in [6.45, 7) is 0. The van der Waals surface area contributed by atoms with Crippen molar-refractivity contribution >= 4 is 28.7 Å². The van der Waals surface area contributed by atoms with Crippen LogP contribution in [-0.4, -0.2) is 21.7 Å². The number of hydrogen-bond donors (Lipinski definition) is 1. The fourth-order valence-electron chi connectivity index (χ4n) is 3.19. The summed E-state index contributed by atoms with van der Waals surface area (Å²) in [4.78, 5) is 33.2. The van der Waals surface area contributed by atoms with Gasteiger partial charge in [0.25, 0.3) is 0 Å². The van der Waals surface area contributed by atoms with E-state index in [1.165, 1.54) is 0 Å². The second-order valence-electron chi connectivity index (χ2n) is 7.05. The Morgan fingerprint density at radius 2 is 1.68 bits per heavy atom. The molecule has 0 radical (unpaired) electrons. The van der Waals surface area contributed by atoms with E-state index >= 15 is 0 Å². The van der Waals surface area contributed by atoms with E-state index in [-0.39, 0.29) is 11.7 Å². The lowest BCUT2D eigenvalue weighted by Gasteiger charge is -2.07. The van der Waals surface area contributed by atoms with Crippen molar-refractivity contribution in [2.45, 2.75) is 19.3 Å². The number of benzene rings is 2. The number of carbonyl (C=O) groups is 2. The molecule has 0 aliphatic rings. The molecular weight excluding hydrogens is 406 g/mol. The van der Waals surface area contributed by atoms with Crippen LogP contribution >= 0.6 is 11.3 Å². The summed E-state index contributed by atoms with van der Waals surface area (Å²) in [5.41, 5.74) is 4.23. The fourth-order valence-corrected chi connectivity index (χ4v) is 4.03. The number of rotatable bonds is 8. The number of hydrogen-bond acceptors (Lipinski definition) is 5. The van der Waals surface area contributed by atoms with Gasteiger partial charge in [0.15, 0.2) is 5.78 Å².